The molecular formula is C14H18Cl2O2. The van der Waals surface area contributed by atoms with Crippen molar-refractivity contribution >= 4 is 29.0 Å². The number of carbonyl (C=O) groups excluding carboxylic acids is 1. The second-order valence-electron chi connectivity index (χ2n) is 5.48. The van der Waals surface area contributed by atoms with Gasteiger partial charge in [-0.2, -0.15) is 0 Å². The first kappa shape index (κ1) is 15.5. The number of carbonyl (C=O) groups is 1. The Balaban J connectivity index is 3.08. The Morgan fingerprint density at radius 1 is 1.22 bits per heavy atom. The number of rotatable bonds is 3. The number of aliphatic hydroxyl groups is 1. The Labute approximate surface area is 118 Å². The number of halogens is 2. The standard InChI is InChI=1S/C14H18Cl2O2/c1-8(13(18)14(2,3)4)12(17)11-9(15)6-5-7-10(11)16/h5-8,12,17H,1-4H3/t8-,12-/m1/s1. The minimum Gasteiger partial charge on any atom is -0.388 e. The summed E-state index contributed by atoms with van der Waals surface area (Å²) in [5, 5.41) is 11.1. The Bertz CT molecular complexity index is 429. The van der Waals surface area contributed by atoms with E-state index in [2.05, 4.69) is 0 Å². The molecule has 0 unspecified atom stereocenters. The monoisotopic (exact) mass is 288 g/mol. The summed E-state index contributed by atoms with van der Waals surface area (Å²) in [5.74, 6) is -0.576. The molecule has 1 aromatic carbocycles. The van der Waals surface area contributed by atoms with Crippen LogP contribution in [0.25, 0.3) is 0 Å². The van der Waals surface area contributed by atoms with Crippen LogP contribution >= 0.6 is 23.2 Å². The van der Waals surface area contributed by atoms with Gasteiger partial charge in [-0.15, -0.1) is 0 Å². The minimum atomic E-state index is -0.988. The van der Waals surface area contributed by atoms with Gasteiger partial charge in [0.2, 0.25) is 0 Å². The molecule has 1 N–H and O–H groups in total. The maximum Gasteiger partial charge on any atom is 0.143 e. The van der Waals surface area contributed by atoms with Crippen molar-refractivity contribution in [2.75, 3.05) is 0 Å². The topological polar surface area (TPSA) is 37.3 Å². The van der Waals surface area contributed by atoms with Crippen molar-refractivity contribution in [3.05, 3.63) is 33.8 Å². The van der Waals surface area contributed by atoms with E-state index in [1.54, 1.807) is 25.1 Å². The minimum absolute atomic E-state index is 0.0222. The lowest BCUT2D eigenvalue weighted by Crippen LogP contribution is -2.30. The van der Waals surface area contributed by atoms with Crippen molar-refractivity contribution in [2.24, 2.45) is 11.3 Å². The molecule has 0 aliphatic rings. The van der Waals surface area contributed by atoms with Crippen LogP contribution in [0.5, 0.6) is 0 Å². The predicted octanol–water partition coefficient (Wildman–Crippen LogP) is 4.28. The number of hydrogen-bond donors (Lipinski definition) is 1. The van der Waals surface area contributed by atoms with Crippen molar-refractivity contribution in [1.29, 1.82) is 0 Å². The van der Waals surface area contributed by atoms with Gasteiger partial charge in [-0.3, -0.25) is 4.79 Å². The third kappa shape index (κ3) is 3.25. The van der Waals surface area contributed by atoms with Gasteiger partial charge in [0.1, 0.15) is 5.78 Å². The predicted molar refractivity (Wildman–Crippen MR) is 75.0 cm³/mol. The molecule has 0 aromatic heterocycles. The van der Waals surface area contributed by atoms with Crippen LogP contribution in [0.15, 0.2) is 18.2 Å². The Morgan fingerprint density at radius 2 is 1.67 bits per heavy atom. The number of Topliss-reactive ketones (excluding diaryl/α,β-unsaturated/α-hetero) is 1. The average Bonchev–Trinajstić information content (AvgIpc) is 2.25. The van der Waals surface area contributed by atoms with E-state index in [1.807, 2.05) is 20.8 Å². The normalized spacial score (nSPS) is 15.3. The SMILES string of the molecule is C[C@@H](C(=O)C(C)(C)C)[C@@H](O)c1c(Cl)cccc1Cl. The lowest BCUT2D eigenvalue weighted by molar-refractivity contribution is -0.133. The van der Waals surface area contributed by atoms with Crippen LogP contribution in [0.2, 0.25) is 10.0 Å². The molecule has 1 rings (SSSR count). The van der Waals surface area contributed by atoms with E-state index in [-0.39, 0.29) is 5.78 Å². The van der Waals surface area contributed by atoms with Gasteiger partial charge in [0.15, 0.2) is 0 Å². The molecule has 0 fully saturated rings. The van der Waals surface area contributed by atoms with E-state index in [0.29, 0.717) is 15.6 Å². The Kier molecular flexibility index (Phi) is 4.82. The van der Waals surface area contributed by atoms with Crippen LogP contribution in [0.1, 0.15) is 39.4 Å². The highest BCUT2D eigenvalue weighted by Crippen LogP contribution is 2.36. The van der Waals surface area contributed by atoms with E-state index >= 15 is 0 Å². The number of ketones is 1. The van der Waals surface area contributed by atoms with Gasteiger partial charge in [0.05, 0.1) is 6.10 Å². The van der Waals surface area contributed by atoms with Crippen molar-refractivity contribution in [3.8, 4) is 0 Å². The zero-order chi connectivity index (χ0) is 14.1. The Hall–Kier alpha value is -0.570. The molecule has 0 aliphatic carbocycles. The van der Waals surface area contributed by atoms with Gasteiger partial charge in [-0.1, -0.05) is 57.0 Å². The molecule has 100 valence electrons. The zero-order valence-corrected chi connectivity index (χ0v) is 12.5. The van der Waals surface area contributed by atoms with Gasteiger partial charge >= 0.3 is 0 Å². The van der Waals surface area contributed by atoms with Crippen LogP contribution in [0, 0.1) is 11.3 Å². The second-order valence-corrected chi connectivity index (χ2v) is 6.30. The zero-order valence-electron chi connectivity index (χ0n) is 11.0. The summed E-state index contributed by atoms with van der Waals surface area (Å²) in [6, 6.07) is 5.01. The largest absolute Gasteiger partial charge is 0.388 e. The van der Waals surface area contributed by atoms with Gasteiger partial charge < -0.3 is 5.11 Å². The molecular weight excluding hydrogens is 271 g/mol. The fourth-order valence-corrected chi connectivity index (χ4v) is 2.49. The summed E-state index contributed by atoms with van der Waals surface area (Å²) < 4.78 is 0. The van der Waals surface area contributed by atoms with Gasteiger partial charge in [0, 0.05) is 26.9 Å². The van der Waals surface area contributed by atoms with Crippen molar-refractivity contribution in [2.45, 2.75) is 33.8 Å². The Morgan fingerprint density at radius 3 is 2.06 bits per heavy atom. The molecule has 18 heavy (non-hydrogen) atoms. The van der Waals surface area contributed by atoms with E-state index in [9.17, 15) is 9.90 Å². The highest BCUT2D eigenvalue weighted by atomic mass is 35.5. The number of aliphatic hydroxyl groups excluding tert-OH is 1. The number of hydrogen-bond acceptors (Lipinski definition) is 2. The average molecular weight is 289 g/mol. The van der Waals surface area contributed by atoms with Crippen LogP contribution in [0.3, 0.4) is 0 Å². The summed E-state index contributed by atoms with van der Waals surface area (Å²) in [5.41, 5.74) is -0.0837. The van der Waals surface area contributed by atoms with E-state index in [0.717, 1.165) is 0 Å². The second kappa shape index (κ2) is 5.60. The summed E-state index contributed by atoms with van der Waals surface area (Å²) in [7, 11) is 0. The summed E-state index contributed by atoms with van der Waals surface area (Å²) in [4.78, 5) is 12.2. The summed E-state index contributed by atoms with van der Waals surface area (Å²) in [6.45, 7) is 7.17. The fourth-order valence-electron chi connectivity index (χ4n) is 1.87. The molecule has 0 saturated carbocycles. The van der Waals surface area contributed by atoms with E-state index in [1.165, 1.54) is 0 Å². The molecule has 0 radical (unpaired) electrons. The molecule has 0 spiro atoms. The van der Waals surface area contributed by atoms with Crippen molar-refractivity contribution < 1.29 is 9.90 Å². The summed E-state index contributed by atoms with van der Waals surface area (Å²) >= 11 is 12.1. The maximum absolute atomic E-state index is 12.2. The highest BCUT2D eigenvalue weighted by Gasteiger charge is 2.33. The lowest BCUT2D eigenvalue weighted by atomic mass is 9.80. The van der Waals surface area contributed by atoms with Crippen LogP contribution < -0.4 is 0 Å². The van der Waals surface area contributed by atoms with Crippen molar-refractivity contribution in [3.63, 3.8) is 0 Å². The van der Waals surface area contributed by atoms with Crippen LogP contribution in [-0.2, 0) is 4.79 Å². The molecule has 0 saturated heterocycles. The van der Waals surface area contributed by atoms with E-state index < -0.39 is 17.4 Å². The molecule has 0 heterocycles. The van der Waals surface area contributed by atoms with Gasteiger partial charge in [-0.25, -0.2) is 0 Å². The third-order valence-corrected chi connectivity index (χ3v) is 3.58. The first-order chi connectivity index (χ1) is 8.16. The molecule has 1 aromatic rings. The third-order valence-electron chi connectivity index (χ3n) is 2.92. The van der Waals surface area contributed by atoms with Gasteiger partial charge in [0.25, 0.3) is 0 Å². The lowest BCUT2D eigenvalue weighted by Gasteiger charge is -2.26. The first-order valence-corrected chi connectivity index (χ1v) is 6.58. The van der Waals surface area contributed by atoms with Crippen LogP contribution in [0.4, 0.5) is 0 Å². The summed E-state index contributed by atoms with van der Waals surface area (Å²) in [6.07, 6.45) is -0.988. The quantitative estimate of drug-likeness (QED) is 0.901. The first-order valence-electron chi connectivity index (χ1n) is 5.82. The molecule has 0 aliphatic heterocycles. The molecule has 2 atom stereocenters. The smallest absolute Gasteiger partial charge is 0.143 e. The fraction of sp³-hybridized carbons (Fsp3) is 0.500. The molecule has 2 nitrogen and oxygen atoms in total. The van der Waals surface area contributed by atoms with E-state index in [4.69, 9.17) is 23.2 Å². The highest BCUT2D eigenvalue weighted by molar-refractivity contribution is 6.36. The maximum atomic E-state index is 12.2. The van der Waals surface area contributed by atoms with Crippen LogP contribution in [-0.4, -0.2) is 10.9 Å². The molecule has 0 amide bonds. The van der Waals surface area contributed by atoms with Gasteiger partial charge in [-0.05, 0) is 12.1 Å². The van der Waals surface area contributed by atoms with Crippen molar-refractivity contribution in [1.82, 2.24) is 0 Å². The molecule has 4 heteroatoms. The molecule has 0 bridgehead atoms. The number of benzene rings is 1.